The predicted molar refractivity (Wildman–Crippen MR) is 96.9 cm³/mol. The first-order valence-corrected chi connectivity index (χ1v) is 8.37. The van der Waals surface area contributed by atoms with E-state index in [9.17, 15) is 0 Å². The van der Waals surface area contributed by atoms with E-state index in [0.29, 0.717) is 0 Å². The highest BCUT2D eigenvalue weighted by molar-refractivity contribution is 7.56. The minimum Gasteiger partial charge on any atom is -0.0616 e. The van der Waals surface area contributed by atoms with Gasteiger partial charge < -0.3 is 0 Å². The zero-order chi connectivity index (χ0) is 14.1. The molecule has 4 rings (SSSR count). The normalized spacial score (nSPS) is 11.0. The van der Waals surface area contributed by atoms with Crippen LogP contribution in [0.25, 0.3) is 21.5 Å². The summed E-state index contributed by atoms with van der Waals surface area (Å²) in [6, 6.07) is 30.7. The Hall–Kier alpha value is -2.17. The Bertz CT molecular complexity index is 837. The standard InChI is InChI=1S/C20H15P/c1-3-11-17-15(7-1)9-5-13-19(17)21-20-14-6-10-16-8-2-4-12-18(16)20/h1-14,21H/p+1. The van der Waals surface area contributed by atoms with Crippen LogP contribution in [0.2, 0.25) is 0 Å². The van der Waals surface area contributed by atoms with Gasteiger partial charge >= 0.3 is 0 Å². The van der Waals surface area contributed by atoms with Crippen LogP contribution >= 0.6 is 8.58 Å². The molecule has 0 saturated heterocycles. The molecule has 0 radical (unpaired) electrons. The molecular formula is C20H16P+. The summed E-state index contributed by atoms with van der Waals surface area (Å²) < 4.78 is 0. The summed E-state index contributed by atoms with van der Waals surface area (Å²) in [5, 5.41) is 8.41. The lowest BCUT2D eigenvalue weighted by atomic mass is 10.1. The van der Waals surface area contributed by atoms with Gasteiger partial charge in [-0.1, -0.05) is 72.8 Å². The Morgan fingerprint density at radius 1 is 0.429 bits per heavy atom. The van der Waals surface area contributed by atoms with Gasteiger partial charge in [0, 0.05) is 10.8 Å². The maximum atomic E-state index is 2.28. The summed E-state index contributed by atoms with van der Waals surface area (Å²) in [6.45, 7) is 0. The molecule has 0 N–H and O–H groups in total. The second-order valence-corrected chi connectivity index (χ2v) is 6.81. The van der Waals surface area contributed by atoms with Gasteiger partial charge in [-0.05, 0) is 22.9 Å². The molecule has 0 spiro atoms. The minimum absolute atomic E-state index is 0.103. The fourth-order valence-electron chi connectivity index (χ4n) is 2.92. The molecule has 100 valence electrons. The Morgan fingerprint density at radius 3 is 1.38 bits per heavy atom. The van der Waals surface area contributed by atoms with Crippen LogP contribution in [-0.4, -0.2) is 0 Å². The van der Waals surface area contributed by atoms with Gasteiger partial charge in [0.05, 0.1) is 8.58 Å². The molecule has 0 atom stereocenters. The highest BCUT2D eigenvalue weighted by Crippen LogP contribution is 2.23. The van der Waals surface area contributed by atoms with E-state index in [1.807, 2.05) is 0 Å². The van der Waals surface area contributed by atoms with E-state index in [1.165, 1.54) is 32.2 Å². The molecule has 0 aliphatic carbocycles. The van der Waals surface area contributed by atoms with Gasteiger partial charge in [0.25, 0.3) is 0 Å². The zero-order valence-corrected chi connectivity index (χ0v) is 12.8. The smallest absolute Gasteiger partial charge is 0.0616 e. The third kappa shape index (κ3) is 2.33. The van der Waals surface area contributed by atoms with Crippen LogP contribution in [0.4, 0.5) is 0 Å². The highest BCUT2D eigenvalue weighted by Gasteiger charge is 2.11. The van der Waals surface area contributed by atoms with E-state index < -0.39 is 0 Å². The molecule has 0 amide bonds. The molecular weight excluding hydrogens is 271 g/mol. The van der Waals surface area contributed by atoms with E-state index >= 15 is 0 Å². The summed E-state index contributed by atoms with van der Waals surface area (Å²) >= 11 is 0. The van der Waals surface area contributed by atoms with Crippen LogP contribution in [0, 0.1) is 0 Å². The fourth-order valence-corrected chi connectivity index (χ4v) is 4.51. The minimum atomic E-state index is 0.103. The van der Waals surface area contributed by atoms with E-state index in [0.717, 1.165) is 0 Å². The summed E-state index contributed by atoms with van der Waals surface area (Å²) in [4.78, 5) is 0. The molecule has 0 aliphatic rings. The quantitative estimate of drug-likeness (QED) is 0.481. The number of benzene rings is 4. The first-order valence-electron chi connectivity index (χ1n) is 7.22. The van der Waals surface area contributed by atoms with E-state index in [2.05, 4.69) is 84.9 Å². The Morgan fingerprint density at radius 2 is 0.857 bits per heavy atom. The van der Waals surface area contributed by atoms with Crippen LogP contribution in [-0.2, 0) is 0 Å². The summed E-state index contributed by atoms with van der Waals surface area (Å²) in [5.41, 5.74) is 0. The van der Waals surface area contributed by atoms with Gasteiger partial charge in [0.2, 0.25) is 0 Å². The first kappa shape index (κ1) is 12.6. The van der Waals surface area contributed by atoms with Crippen molar-refractivity contribution in [2.24, 2.45) is 0 Å². The molecule has 4 aromatic carbocycles. The van der Waals surface area contributed by atoms with Crippen LogP contribution in [0.3, 0.4) is 0 Å². The van der Waals surface area contributed by atoms with Crippen LogP contribution in [0.1, 0.15) is 0 Å². The highest BCUT2D eigenvalue weighted by atomic mass is 31.1. The van der Waals surface area contributed by atoms with E-state index in [4.69, 9.17) is 0 Å². The second-order valence-electron chi connectivity index (χ2n) is 5.28. The Labute approximate surface area is 126 Å². The molecule has 21 heavy (non-hydrogen) atoms. The van der Waals surface area contributed by atoms with Crippen molar-refractivity contribution < 1.29 is 0 Å². The maximum absolute atomic E-state index is 2.28. The van der Waals surface area contributed by atoms with Gasteiger partial charge in [-0.25, -0.2) is 0 Å². The summed E-state index contributed by atoms with van der Waals surface area (Å²) in [7, 11) is 0.103. The fraction of sp³-hybridized carbons (Fsp3) is 0. The second kappa shape index (κ2) is 5.31. The van der Waals surface area contributed by atoms with Gasteiger partial charge in [0.1, 0.15) is 10.6 Å². The van der Waals surface area contributed by atoms with Crippen molar-refractivity contribution in [3.05, 3.63) is 84.9 Å². The molecule has 0 bridgehead atoms. The lowest BCUT2D eigenvalue weighted by Gasteiger charge is -2.04. The summed E-state index contributed by atoms with van der Waals surface area (Å²) in [5.74, 6) is 0. The topological polar surface area (TPSA) is 0 Å². The SMILES string of the molecule is c1ccc2c([PH2+]c3cccc4ccccc34)cccc2c1. The van der Waals surface area contributed by atoms with E-state index in [1.54, 1.807) is 0 Å². The van der Waals surface area contributed by atoms with Gasteiger partial charge in [-0.3, -0.25) is 0 Å². The number of fused-ring (bicyclic) bond motifs is 2. The molecule has 1 heteroatoms. The van der Waals surface area contributed by atoms with Crippen molar-refractivity contribution in [3.63, 3.8) is 0 Å². The molecule has 0 fully saturated rings. The first-order chi connectivity index (χ1) is 10.4. The van der Waals surface area contributed by atoms with Crippen molar-refractivity contribution in [2.45, 2.75) is 0 Å². The van der Waals surface area contributed by atoms with Gasteiger partial charge in [-0.15, -0.1) is 0 Å². The van der Waals surface area contributed by atoms with Crippen molar-refractivity contribution in [1.82, 2.24) is 0 Å². The lowest BCUT2D eigenvalue weighted by Crippen LogP contribution is -2.05. The number of rotatable bonds is 2. The average molecular weight is 287 g/mol. The molecule has 0 heterocycles. The molecule has 4 aromatic rings. The van der Waals surface area contributed by atoms with Crippen molar-refractivity contribution in [2.75, 3.05) is 0 Å². The van der Waals surface area contributed by atoms with Crippen molar-refractivity contribution >= 4 is 40.7 Å². The van der Waals surface area contributed by atoms with Gasteiger partial charge in [0.15, 0.2) is 0 Å². The van der Waals surface area contributed by atoms with Crippen LogP contribution in [0.5, 0.6) is 0 Å². The Balaban J connectivity index is 1.87. The zero-order valence-electron chi connectivity index (χ0n) is 11.7. The molecule has 0 aliphatic heterocycles. The van der Waals surface area contributed by atoms with E-state index in [-0.39, 0.29) is 8.58 Å². The molecule has 0 unspecified atom stereocenters. The van der Waals surface area contributed by atoms with Crippen molar-refractivity contribution in [1.29, 1.82) is 0 Å². The molecule has 0 aromatic heterocycles. The largest absolute Gasteiger partial charge is 0.102 e. The third-order valence-electron chi connectivity index (χ3n) is 3.96. The van der Waals surface area contributed by atoms with Crippen LogP contribution < -0.4 is 10.6 Å². The maximum Gasteiger partial charge on any atom is 0.102 e. The number of hydrogen-bond acceptors (Lipinski definition) is 0. The average Bonchev–Trinajstić information content (AvgIpc) is 2.56. The molecule has 0 nitrogen and oxygen atoms in total. The molecule has 0 saturated carbocycles. The monoisotopic (exact) mass is 287 g/mol. The van der Waals surface area contributed by atoms with Gasteiger partial charge in [-0.2, -0.15) is 0 Å². The Kier molecular flexibility index (Phi) is 3.18. The number of hydrogen-bond donors (Lipinski definition) is 0. The van der Waals surface area contributed by atoms with Crippen molar-refractivity contribution in [3.8, 4) is 0 Å². The lowest BCUT2D eigenvalue weighted by molar-refractivity contribution is 1.77. The summed E-state index contributed by atoms with van der Waals surface area (Å²) in [6.07, 6.45) is 0. The predicted octanol–water partition coefficient (Wildman–Crippen LogP) is 4.35. The van der Waals surface area contributed by atoms with Crippen LogP contribution in [0.15, 0.2) is 84.9 Å². The third-order valence-corrected chi connectivity index (χ3v) is 5.59.